The van der Waals surface area contributed by atoms with Crippen LogP contribution in [0, 0.1) is 13.8 Å². The minimum absolute atomic E-state index is 0.369. The molecule has 8 heteroatoms. The minimum atomic E-state index is -0.498. The van der Waals surface area contributed by atoms with Gasteiger partial charge in [0.2, 0.25) is 5.91 Å². The van der Waals surface area contributed by atoms with Crippen LogP contribution in [0.5, 0.6) is 0 Å². The Balaban J connectivity index is 1.97. The summed E-state index contributed by atoms with van der Waals surface area (Å²) in [4.78, 5) is 15.9. The molecule has 0 spiro atoms. The lowest BCUT2D eigenvalue weighted by Crippen LogP contribution is -2.18. The monoisotopic (exact) mass is 368 g/mol. The van der Waals surface area contributed by atoms with E-state index in [1.165, 1.54) is 0 Å². The number of aromatic nitrogens is 5. The third-order valence-electron chi connectivity index (χ3n) is 4.65. The van der Waals surface area contributed by atoms with Gasteiger partial charge in [0, 0.05) is 28.8 Å². The molecule has 0 saturated carbocycles. The second-order valence-corrected chi connectivity index (χ2v) is 6.63. The first-order valence-corrected chi connectivity index (χ1v) is 8.91. The average Bonchev–Trinajstić information content (AvgIpc) is 3.20. The molecule has 1 aromatic carbocycles. The van der Waals surface area contributed by atoms with Crippen molar-refractivity contribution in [3.8, 4) is 11.4 Å². The van der Waals surface area contributed by atoms with Crippen LogP contribution in [-0.2, 0) is 13.0 Å². The highest BCUT2D eigenvalue weighted by Crippen LogP contribution is 2.20. The van der Waals surface area contributed by atoms with Gasteiger partial charge in [0.25, 0.3) is 0 Å². The van der Waals surface area contributed by atoms with Gasteiger partial charge in [-0.2, -0.15) is 10.2 Å². The van der Waals surface area contributed by atoms with Crippen LogP contribution in [0.2, 0.25) is 0 Å². The van der Waals surface area contributed by atoms with E-state index in [0.717, 1.165) is 28.3 Å². The first-order chi connectivity index (χ1) is 12.9. The molecule has 27 heavy (non-hydrogen) atoms. The van der Waals surface area contributed by atoms with Gasteiger partial charge in [-0.3, -0.25) is 9.89 Å². The van der Waals surface area contributed by atoms with E-state index in [1.807, 2.05) is 20.8 Å². The number of aliphatic hydroxyl groups excluding tert-OH is 1. The van der Waals surface area contributed by atoms with E-state index in [0.29, 0.717) is 30.8 Å². The van der Waals surface area contributed by atoms with E-state index < -0.39 is 12.0 Å². The number of hydrogen-bond donors (Lipinski definition) is 3. The van der Waals surface area contributed by atoms with Crippen molar-refractivity contribution in [3.63, 3.8) is 0 Å². The smallest absolute Gasteiger partial charge is 0.248 e. The lowest BCUT2D eigenvalue weighted by atomic mass is 10.1. The standard InChI is InChI=1S/C19H24N6O2/c1-4-15(26)10-25-17(9-16-11(2)22-23-12(16)3)21-19(24-25)14-7-5-13(6-8-14)18(20)27/h5-8,15,26H,4,9-10H2,1-3H3,(H2,20,27)(H,22,23)/t15-/m0/s1. The van der Waals surface area contributed by atoms with E-state index in [9.17, 15) is 9.90 Å². The Kier molecular flexibility index (Phi) is 5.36. The zero-order valence-corrected chi connectivity index (χ0v) is 15.7. The maximum Gasteiger partial charge on any atom is 0.248 e. The van der Waals surface area contributed by atoms with E-state index in [4.69, 9.17) is 5.73 Å². The second kappa shape index (κ2) is 7.71. The van der Waals surface area contributed by atoms with Crippen molar-refractivity contribution in [3.05, 3.63) is 52.6 Å². The molecule has 0 aliphatic rings. The number of nitrogens with zero attached hydrogens (tertiary/aromatic N) is 4. The second-order valence-electron chi connectivity index (χ2n) is 6.63. The van der Waals surface area contributed by atoms with Crippen LogP contribution >= 0.6 is 0 Å². The number of primary amides is 1. The number of carbonyl (C=O) groups is 1. The Morgan fingerprint density at radius 1 is 1.30 bits per heavy atom. The highest BCUT2D eigenvalue weighted by Gasteiger charge is 2.17. The van der Waals surface area contributed by atoms with Crippen LogP contribution in [0.25, 0.3) is 11.4 Å². The highest BCUT2D eigenvalue weighted by molar-refractivity contribution is 5.93. The Bertz CT molecular complexity index is 922. The summed E-state index contributed by atoms with van der Waals surface area (Å²) in [6.07, 6.45) is 0.699. The molecule has 0 aliphatic carbocycles. The molecule has 3 rings (SSSR count). The number of aryl methyl sites for hydroxylation is 2. The van der Waals surface area contributed by atoms with Gasteiger partial charge in [-0.25, -0.2) is 9.67 Å². The zero-order valence-electron chi connectivity index (χ0n) is 15.7. The van der Waals surface area contributed by atoms with Crippen LogP contribution < -0.4 is 5.73 Å². The number of amides is 1. The maximum atomic E-state index is 11.3. The summed E-state index contributed by atoms with van der Waals surface area (Å²) in [5, 5.41) is 21.9. The van der Waals surface area contributed by atoms with Crippen LogP contribution in [-0.4, -0.2) is 42.1 Å². The summed E-state index contributed by atoms with van der Waals surface area (Å²) in [7, 11) is 0. The number of nitrogens with one attached hydrogen (secondary N) is 1. The number of rotatable bonds is 7. The number of aliphatic hydroxyl groups is 1. The molecule has 0 saturated heterocycles. The van der Waals surface area contributed by atoms with Crippen molar-refractivity contribution >= 4 is 5.91 Å². The molecule has 0 fully saturated rings. The van der Waals surface area contributed by atoms with Crippen LogP contribution in [0.1, 0.15) is 46.5 Å². The first kappa shape index (κ1) is 18.8. The summed E-state index contributed by atoms with van der Waals surface area (Å²) in [6, 6.07) is 6.86. The summed E-state index contributed by atoms with van der Waals surface area (Å²) >= 11 is 0. The van der Waals surface area contributed by atoms with Crippen LogP contribution in [0.3, 0.4) is 0 Å². The largest absolute Gasteiger partial charge is 0.391 e. The molecule has 2 heterocycles. The molecule has 0 aliphatic heterocycles. The number of H-pyrrole nitrogens is 1. The SMILES string of the molecule is CC[C@H](O)Cn1nc(-c2ccc(C(N)=O)cc2)nc1Cc1c(C)n[nH]c1C. The lowest BCUT2D eigenvalue weighted by Gasteiger charge is -2.10. The van der Waals surface area contributed by atoms with Crippen LogP contribution in [0.15, 0.2) is 24.3 Å². The molecule has 0 radical (unpaired) electrons. The maximum absolute atomic E-state index is 11.3. The summed E-state index contributed by atoms with van der Waals surface area (Å²) < 4.78 is 1.75. The molecule has 3 aromatic rings. The van der Waals surface area contributed by atoms with Crippen molar-refractivity contribution in [2.45, 2.75) is 46.3 Å². The fourth-order valence-corrected chi connectivity index (χ4v) is 2.88. The Morgan fingerprint density at radius 2 is 2.00 bits per heavy atom. The normalized spacial score (nSPS) is 12.3. The fraction of sp³-hybridized carbons (Fsp3) is 0.368. The molecule has 142 valence electrons. The molecular weight excluding hydrogens is 344 g/mol. The van der Waals surface area contributed by atoms with Gasteiger partial charge in [0.15, 0.2) is 5.82 Å². The van der Waals surface area contributed by atoms with Crippen LogP contribution in [0.4, 0.5) is 0 Å². The quantitative estimate of drug-likeness (QED) is 0.586. The summed E-state index contributed by atoms with van der Waals surface area (Å²) in [6.45, 7) is 6.22. The molecule has 0 unspecified atom stereocenters. The van der Waals surface area contributed by atoms with Gasteiger partial charge >= 0.3 is 0 Å². The molecule has 0 bridgehead atoms. The van der Waals surface area contributed by atoms with E-state index >= 15 is 0 Å². The predicted molar refractivity (Wildman–Crippen MR) is 101 cm³/mol. The van der Waals surface area contributed by atoms with Gasteiger partial charge in [-0.05, 0) is 32.4 Å². The van der Waals surface area contributed by atoms with Crippen molar-refractivity contribution in [2.75, 3.05) is 0 Å². The summed E-state index contributed by atoms with van der Waals surface area (Å²) in [5.74, 6) is 0.824. The number of hydrogen-bond acceptors (Lipinski definition) is 5. The Hall–Kier alpha value is -3.00. The third-order valence-corrected chi connectivity index (χ3v) is 4.65. The molecule has 4 N–H and O–H groups in total. The van der Waals surface area contributed by atoms with Crippen molar-refractivity contribution < 1.29 is 9.90 Å². The average molecular weight is 368 g/mol. The zero-order chi connectivity index (χ0) is 19.6. The number of aromatic amines is 1. The Morgan fingerprint density at radius 3 is 2.56 bits per heavy atom. The topological polar surface area (TPSA) is 123 Å². The summed E-state index contributed by atoms with van der Waals surface area (Å²) in [5.41, 5.74) is 9.50. The van der Waals surface area contributed by atoms with E-state index in [2.05, 4.69) is 20.3 Å². The molecule has 1 amide bonds. The molecule has 2 aromatic heterocycles. The van der Waals surface area contributed by atoms with Gasteiger partial charge < -0.3 is 10.8 Å². The highest BCUT2D eigenvalue weighted by atomic mass is 16.3. The van der Waals surface area contributed by atoms with E-state index in [-0.39, 0.29) is 0 Å². The van der Waals surface area contributed by atoms with Gasteiger partial charge in [-0.1, -0.05) is 19.1 Å². The molecule has 1 atom stereocenters. The molecule has 8 nitrogen and oxygen atoms in total. The fourth-order valence-electron chi connectivity index (χ4n) is 2.88. The van der Waals surface area contributed by atoms with Gasteiger partial charge in [-0.15, -0.1) is 0 Å². The number of carbonyl (C=O) groups excluding carboxylic acids is 1. The van der Waals surface area contributed by atoms with Crippen molar-refractivity contribution in [2.24, 2.45) is 5.73 Å². The number of nitrogens with two attached hydrogens (primary N) is 1. The van der Waals surface area contributed by atoms with Crippen molar-refractivity contribution in [1.29, 1.82) is 0 Å². The minimum Gasteiger partial charge on any atom is -0.391 e. The number of benzene rings is 1. The van der Waals surface area contributed by atoms with Crippen molar-refractivity contribution in [1.82, 2.24) is 25.0 Å². The third kappa shape index (κ3) is 4.06. The molecular formula is C19H24N6O2. The Labute approximate surface area is 157 Å². The predicted octanol–water partition coefficient (Wildman–Crippen LogP) is 1.75. The van der Waals surface area contributed by atoms with Gasteiger partial charge in [0.1, 0.15) is 5.82 Å². The van der Waals surface area contributed by atoms with E-state index in [1.54, 1.807) is 28.9 Å². The lowest BCUT2D eigenvalue weighted by molar-refractivity contribution is 0.1000. The van der Waals surface area contributed by atoms with Gasteiger partial charge in [0.05, 0.1) is 18.3 Å². The first-order valence-electron chi connectivity index (χ1n) is 8.91.